The zero-order chi connectivity index (χ0) is 17.9. The standard InChI is InChI=1S/C20H25Cl2NO2/c1-2-3-4-5-13-24-18-9-7-17(8-10-18)23-12-14-25-20-11-6-16(21)15-19(20)22/h6-11,15,23H,2-5,12-14H2,1H3. The molecule has 0 atom stereocenters. The molecule has 0 aliphatic rings. The second-order valence-corrected chi connectivity index (χ2v) is 6.63. The van der Waals surface area contributed by atoms with Crippen molar-refractivity contribution in [3.05, 3.63) is 52.5 Å². The molecule has 0 bridgehead atoms. The molecule has 0 aromatic heterocycles. The molecule has 0 fully saturated rings. The van der Waals surface area contributed by atoms with Crippen LogP contribution in [0.15, 0.2) is 42.5 Å². The van der Waals surface area contributed by atoms with Gasteiger partial charge in [0.15, 0.2) is 0 Å². The summed E-state index contributed by atoms with van der Waals surface area (Å²) in [6.07, 6.45) is 4.86. The Hall–Kier alpha value is -1.58. The van der Waals surface area contributed by atoms with Crippen LogP contribution in [-0.2, 0) is 0 Å². The van der Waals surface area contributed by atoms with Gasteiger partial charge in [0.2, 0.25) is 0 Å². The van der Waals surface area contributed by atoms with E-state index >= 15 is 0 Å². The van der Waals surface area contributed by atoms with Crippen molar-refractivity contribution in [2.24, 2.45) is 0 Å². The van der Waals surface area contributed by atoms with Gasteiger partial charge in [0.25, 0.3) is 0 Å². The van der Waals surface area contributed by atoms with Gasteiger partial charge in [-0.2, -0.15) is 0 Å². The van der Waals surface area contributed by atoms with Gasteiger partial charge in [-0.05, 0) is 48.9 Å². The Morgan fingerprint density at radius 1 is 0.880 bits per heavy atom. The fraction of sp³-hybridized carbons (Fsp3) is 0.400. The predicted octanol–water partition coefficient (Wildman–Crippen LogP) is 6.44. The average Bonchev–Trinajstić information content (AvgIpc) is 2.61. The van der Waals surface area contributed by atoms with Gasteiger partial charge >= 0.3 is 0 Å². The van der Waals surface area contributed by atoms with Crippen molar-refractivity contribution in [1.82, 2.24) is 0 Å². The van der Waals surface area contributed by atoms with Crippen molar-refractivity contribution < 1.29 is 9.47 Å². The zero-order valence-electron chi connectivity index (χ0n) is 14.6. The monoisotopic (exact) mass is 381 g/mol. The molecule has 1 N–H and O–H groups in total. The van der Waals surface area contributed by atoms with E-state index in [1.54, 1.807) is 18.2 Å². The topological polar surface area (TPSA) is 30.5 Å². The molecule has 5 heteroatoms. The van der Waals surface area contributed by atoms with E-state index in [2.05, 4.69) is 12.2 Å². The molecule has 0 saturated heterocycles. The van der Waals surface area contributed by atoms with Gasteiger partial charge in [0.05, 0.1) is 11.6 Å². The number of benzene rings is 2. The van der Waals surface area contributed by atoms with E-state index < -0.39 is 0 Å². The molecule has 2 aromatic carbocycles. The van der Waals surface area contributed by atoms with Gasteiger partial charge in [-0.3, -0.25) is 0 Å². The minimum absolute atomic E-state index is 0.511. The van der Waals surface area contributed by atoms with Crippen molar-refractivity contribution in [1.29, 1.82) is 0 Å². The fourth-order valence-electron chi connectivity index (χ4n) is 2.34. The van der Waals surface area contributed by atoms with Crippen molar-refractivity contribution in [2.45, 2.75) is 32.6 Å². The summed E-state index contributed by atoms with van der Waals surface area (Å²) in [5, 5.41) is 4.43. The molecule has 0 saturated carbocycles. The Kier molecular flexibility index (Phi) is 8.78. The number of ether oxygens (including phenoxy) is 2. The Morgan fingerprint density at radius 3 is 2.40 bits per heavy atom. The van der Waals surface area contributed by atoms with Crippen molar-refractivity contribution in [3.63, 3.8) is 0 Å². The molecule has 0 radical (unpaired) electrons. The van der Waals surface area contributed by atoms with E-state index in [4.69, 9.17) is 32.7 Å². The van der Waals surface area contributed by atoms with Crippen LogP contribution in [0.4, 0.5) is 5.69 Å². The molecular weight excluding hydrogens is 357 g/mol. The first-order chi connectivity index (χ1) is 12.2. The zero-order valence-corrected chi connectivity index (χ0v) is 16.1. The van der Waals surface area contributed by atoms with E-state index in [0.29, 0.717) is 28.9 Å². The van der Waals surface area contributed by atoms with Gasteiger partial charge < -0.3 is 14.8 Å². The molecule has 136 valence electrons. The van der Waals surface area contributed by atoms with Crippen LogP contribution < -0.4 is 14.8 Å². The van der Waals surface area contributed by atoms with E-state index in [1.165, 1.54) is 19.3 Å². The SMILES string of the molecule is CCCCCCOc1ccc(NCCOc2ccc(Cl)cc2Cl)cc1. The summed E-state index contributed by atoms with van der Waals surface area (Å²) < 4.78 is 11.4. The maximum Gasteiger partial charge on any atom is 0.138 e. The molecule has 0 unspecified atom stereocenters. The van der Waals surface area contributed by atoms with Gasteiger partial charge in [-0.15, -0.1) is 0 Å². The molecule has 0 amide bonds. The normalized spacial score (nSPS) is 10.5. The molecule has 0 aliphatic carbocycles. The van der Waals surface area contributed by atoms with Crippen LogP contribution in [0.2, 0.25) is 10.0 Å². The average molecular weight is 382 g/mol. The highest BCUT2D eigenvalue weighted by atomic mass is 35.5. The van der Waals surface area contributed by atoms with Gasteiger partial charge in [-0.1, -0.05) is 49.4 Å². The molecule has 3 nitrogen and oxygen atoms in total. The molecular formula is C20H25Cl2NO2. The van der Waals surface area contributed by atoms with E-state index in [0.717, 1.165) is 24.5 Å². The Bertz CT molecular complexity index is 632. The molecule has 0 aliphatic heterocycles. The number of halogens is 2. The largest absolute Gasteiger partial charge is 0.494 e. The molecule has 0 heterocycles. The van der Waals surface area contributed by atoms with Crippen LogP contribution in [0.5, 0.6) is 11.5 Å². The number of hydrogen-bond acceptors (Lipinski definition) is 3. The Labute approximate surface area is 160 Å². The first kappa shape index (κ1) is 19.7. The minimum Gasteiger partial charge on any atom is -0.494 e. The maximum atomic E-state index is 6.07. The second-order valence-electron chi connectivity index (χ2n) is 5.78. The number of anilines is 1. The third-order valence-corrected chi connectivity index (χ3v) is 4.23. The van der Waals surface area contributed by atoms with E-state index in [9.17, 15) is 0 Å². The predicted molar refractivity (Wildman–Crippen MR) is 107 cm³/mol. The highest BCUT2D eigenvalue weighted by Crippen LogP contribution is 2.27. The summed E-state index contributed by atoms with van der Waals surface area (Å²) in [4.78, 5) is 0. The number of nitrogens with one attached hydrogen (secondary N) is 1. The Balaban J connectivity index is 1.65. The third kappa shape index (κ3) is 7.45. The maximum absolute atomic E-state index is 6.07. The summed E-state index contributed by atoms with van der Waals surface area (Å²) in [6, 6.07) is 13.2. The highest BCUT2D eigenvalue weighted by Gasteiger charge is 2.02. The highest BCUT2D eigenvalue weighted by molar-refractivity contribution is 6.35. The van der Waals surface area contributed by atoms with Gasteiger partial charge in [0, 0.05) is 17.3 Å². The lowest BCUT2D eigenvalue weighted by atomic mass is 10.2. The first-order valence-corrected chi connectivity index (χ1v) is 9.49. The number of unbranched alkanes of at least 4 members (excludes halogenated alkanes) is 3. The lowest BCUT2D eigenvalue weighted by Gasteiger charge is -2.11. The summed E-state index contributed by atoms with van der Waals surface area (Å²) in [7, 11) is 0. The molecule has 0 spiro atoms. The third-order valence-electron chi connectivity index (χ3n) is 3.70. The first-order valence-electron chi connectivity index (χ1n) is 8.73. The quantitative estimate of drug-likeness (QED) is 0.454. The number of rotatable bonds is 11. The molecule has 2 rings (SSSR count). The van der Waals surface area contributed by atoms with Crippen LogP contribution in [0, 0.1) is 0 Å². The van der Waals surface area contributed by atoms with Crippen LogP contribution in [0.25, 0.3) is 0 Å². The molecule has 2 aromatic rings. The molecule has 25 heavy (non-hydrogen) atoms. The summed E-state index contributed by atoms with van der Waals surface area (Å²) in [6.45, 7) is 4.18. The van der Waals surface area contributed by atoms with Gasteiger partial charge in [0.1, 0.15) is 18.1 Å². The van der Waals surface area contributed by atoms with E-state index in [-0.39, 0.29) is 0 Å². The van der Waals surface area contributed by atoms with Crippen molar-refractivity contribution in [2.75, 3.05) is 25.1 Å². The minimum atomic E-state index is 0.511. The number of hydrogen-bond donors (Lipinski definition) is 1. The Morgan fingerprint density at radius 2 is 1.68 bits per heavy atom. The van der Waals surface area contributed by atoms with E-state index in [1.807, 2.05) is 24.3 Å². The van der Waals surface area contributed by atoms with Crippen LogP contribution >= 0.6 is 23.2 Å². The van der Waals surface area contributed by atoms with Gasteiger partial charge in [-0.25, -0.2) is 0 Å². The smallest absolute Gasteiger partial charge is 0.138 e. The van der Waals surface area contributed by atoms with Crippen molar-refractivity contribution in [3.8, 4) is 11.5 Å². The van der Waals surface area contributed by atoms with Crippen LogP contribution in [0.3, 0.4) is 0 Å². The summed E-state index contributed by atoms with van der Waals surface area (Å²) >= 11 is 11.9. The second kappa shape index (κ2) is 11.1. The van der Waals surface area contributed by atoms with Crippen LogP contribution in [-0.4, -0.2) is 19.8 Å². The lowest BCUT2D eigenvalue weighted by Crippen LogP contribution is -2.11. The van der Waals surface area contributed by atoms with Crippen molar-refractivity contribution >= 4 is 28.9 Å². The fourth-order valence-corrected chi connectivity index (χ4v) is 2.80. The summed E-state index contributed by atoms with van der Waals surface area (Å²) in [5.41, 5.74) is 1.03. The van der Waals surface area contributed by atoms with Crippen LogP contribution in [0.1, 0.15) is 32.6 Å². The summed E-state index contributed by atoms with van der Waals surface area (Å²) in [5.74, 6) is 1.55. The lowest BCUT2D eigenvalue weighted by molar-refractivity contribution is 0.305.